The molecule has 2 aromatic rings. The largest absolute Gasteiger partial charge is 0.484 e. The number of rotatable bonds is 7. The molecule has 1 amide bonds. The van der Waals surface area contributed by atoms with Crippen molar-refractivity contribution < 1.29 is 23.1 Å². The predicted octanol–water partition coefficient (Wildman–Crippen LogP) is 2.30. The van der Waals surface area contributed by atoms with Gasteiger partial charge in [-0.2, -0.15) is 0 Å². The van der Waals surface area contributed by atoms with E-state index in [0.29, 0.717) is 11.5 Å². The van der Waals surface area contributed by atoms with Gasteiger partial charge in [0.15, 0.2) is 6.61 Å². The Labute approximate surface area is 121 Å². The average Bonchev–Trinajstić information content (AvgIpc) is 3.01. The number of benzene rings is 1. The zero-order valence-corrected chi connectivity index (χ0v) is 11.5. The van der Waals surface area contributed by atoms with Crippen LogP contribution in [0, 0.1) is 5.82 Å². The van der Waals surface area contributed by atoms with Crippen molar-refractivity contribution in [1.29, 1.82) is 0 Å². The summed E-state index contributed by atoms with van der Waals surface area (Å²) in [6.07, 6.45) is 1.19. The first-order valence-corrected chi connectivity index (χ1v) is 6.40. The van der Waals surface area contributed by atoms with Crippen LogP contribution in [-0.2, 0) is 9.53 Å². The van der Waals surface area contributed by atoms with E-state index in [0.717, 1.165) is 0 Å². The van der Waals surface area contributed by atoms with E-state index in [1.165, 1.54) is 31.4 Å². The van der Waals surface area contributed by atoms with Crippen molar-refractivity contribution in [3.05, 3.63) is 54.2 Å². The van der Waals surface area contributed by atoms with Gasteiger partial charge in [0, 0.05) is 7.11 Å². The fourth-order valence-corrected chi connectivity index (χ4v) is 1.71. The van der Waals surface area contributed by atoms with E-state index in [1.807, 2.05) is 0 Å². The topological polar surface area (TPSA) is 60.7 Å². The van der Waals surface area contributed by atoms with Gasteiger partial charge in [-0.3, -0.25) is 4.79 Å². The van der Waals surface area contributed by atoms with E-state index in [-0.39, 0.29) is 31.0 Å². The second-order valence-electron chi connectivity index (χ2n) is 4.29. The molecule has 0 aliphatic heterocycles. The fourth-order valence-electron chi connectivity index (χ4n) is 1.71. The Kier molecular flexibility index (Phi) is 5.34. The van der Waals surface area contributed by atoms with Crippen molar-refractivity contribution in [2.45, 2.75) is 6.10 Å². The summed E-state index contributed by atoms with van der Waals surface area (Å²) in [4.78, 5) is 11.7. The highest BCUT2D eigenvalue weighted by Crippen LogP contribution is 2.15. The summed E-state index contributed by atoms with van der Waals surface area (Å²) < 4.78 is 28.4. The fraction of sp³-hybridized carbons (Fsp3) is 0.267. The molecule has 1 aromatic carbocycles. The first-order valence-electron chi connectivity index (χ1n) is 6.40. The van der Waals surface area contributed by atoms with E-state index >= 15 is 0 Å². The van der Waals surface area contributed by atoms with Gasteiger partial charge in [0.05, 0.1) is 12.8 Å². The molecule has 5 nitrogen and oxygen atoms in total. The third-order valence-electron chi connectivity index (χ3n) is 2.81. The smallest absolute Gasteiger partial charge is 0.258 e. The van der Waals surface area contributed by atoms with Crippen LogP contribution in [0.15, 0.2) is 47.1 Å². The number of hydrogen-bond donors (Lipinski definition) is 1. The van der Waals surface area contributed by atoms with Crippen molar-refractivity contribution in [3.63, 3.8) is 0 Å². The van der Waals surface area contributed by atoms with E-state index in [9.17, 15) is 9.18 Å². The maximum atomic E-state index is 12.7. The molecule has 6 heteroatoms. The van der Waals surface area contributed by atoms with E-state index < -0.39 is 0 Å². The summed E-state index contributed by atoms with van der Waals surface area (Å²) in [5.74, 6) is 0.416. The third kappa shape index (κ3) is 4.61. The van der Waals surface area contributed by atoms with Crippen molar-refractivity contribution in [1.82, 2.24) is 5.32 Å². The molecule has 1 atom stereocenters. The minimum absolute atomic E-state index is 0.153. The lowest BCUT2D eigenvalue weighted by molar-refractivity contribution is -0.123. The van der Waals surface area contributed by atoms with Gasteiger partial charge in [0.25, 0.3) is 5.91 Å². The zero-order valence-electron chi connectivity index (χ0n) is 11.5. The van der Waals surface area contributed by atoms with Crippen LogP contribution in [0.25, 0.3) is 0 Å². The average molecular weight is 293 g/mol. The van der Waals surface area contributed by atoms with Gasteiger partial charge in [-0.25, -0.2) is 4.39 Å². The first-order chi connectivity index (χ1) is 10.2. The summed E-state index contributed by atoms with van der Waals surface area (Å²) in [6.45, 7) is 0.121. The van der Waals surface area contributed by atoms with Crippen LogP contribution in [0.1, 0.15) is 11.9 Å². The highest BCUT2D eigenvalue weighted by Gasteiger charge is 2.14. The standard InChI is InChI=1S/C15H16FNO4/c1-19-14(13-3-2-8-20-13)9-17-15(18)10-21-12-6-4-11(16)5-7-12/h2-8,14H,9-10H2,1H3,(H,17,18). The predicted molar refractivity (Wildman–Crippen MR) is 73.4 cm³/mol. The van der Waals surface area contributed by atoms with Crippen LogP contribution >= 0.6 is 0 Å². The number of furan rings is 1. The first kappa shape index (κ1) is 15.1. The maximum Gasteiger partial charge on any atom is 0.258 e. The molecular weight excluding hydrogens is 277 g/mol. The highest BCUT2D eigenvalue weighted by atomic mass is 19.1. The van der Waals surface area contributed by atoms with Gasteiger partial charge in [-0.1, -0.05) is 0 Å². The maximum absolute atomic E-state index is 12.7. The molecular formula is C15H16FNO4. The van der Waals surface area contributed by atoms with Crippen LogP contribution < -0.4 is 10.1 Å². The lowest BCUT2D eigenvalue weighted by Gasteiger charge is -2.14. The monoisotopic (exact) mass is 293 g/mol. The van der Waals surface area contributed by atoms with Gasteiger partial charge in [0.1, 0.15) is 23.4 Å². The third-order valence-corrected chi connectivity index (χ3v) is 2.81. The number of methoxy groups -OCH3 is 1. The number of halogens is 1. The molecule has 0 bridgehead atoms. The summed E-state index contributed by atoms with van der Waals surface area (Å²) in [5.41, 5.74) is 0. The molecule has 0 radical (unpaired) electrons. The van der Waals surface area contributed by atoms with Crippen molar-refractivity contribution in [2.75, 3.05) is 20.3 Å². The second kappa shape index (κ2) is 7.44. The summed E-state index contributed by atoms with van der Waals surface area (Å²) in [6, 6.07) is 8.99. The molecule has 0 saturated carbocycles. The number of ether oxygens (including phenoxy) is 2. The number of amides is 1. The van der Waals surface area contributed by atoms with Crippen molar-refractivity contribution in [3.8, 4) is 5.75 Å². The summed E-state index contributed by atoms with van der Waals surface area (Å²) >= 11 is 0. The number of hydrogen-bond acceptors (Lipinski definition) is 4. The molecule has 1 heterocycles. The number of carbonyl (C=O) groups is 1. The summed E-state index contributed by atoms with van der Waals surface area (Å²) in [7, 11) is 1.54. The van der Waals surface area contributed by atoms with E-state index in [2.05, 4.69) is 5.32 Å². The van der Waals surface area contributed by atoms with Crippen molar-refractivity contribution in [2.24, 2.45) is 0 Å². The van der Waals surface area contributed by atoms with Crippen molar-refractivity contribution >= 4 is 5.91 Å². The van der Waals surface area contributed by atoms with Gasteiger partial charge in [-0.05, 0) is 36.4 Å². The zero-order chi connectivity index (χ0) is 15.1. The molecule has 112 valence electrons. The molecule has 0 fully saturated rings. The number of carbonyl (C=O) groups excluding carboxylic acids is 1. The molecule has 0 saturated heterocycles. The lowest BCUT2D eigenvalue weighted by Crippen LogP contribution is -2.32. The van der Waals surface area contributed by atoms with Gasteiger partial charge < -0.3 is 19.2 Å². The second-order valence-corrected chi connectivity index (χ2v) is 4.29. The van der Waals surface area contributed by atoms with Gasteiger partial charge >= 0.3 is 0 Å². The van der Waals surface area contributed by atoms with Crippen LogP contribution in [0.5, 0.6) is 5.75 Å². The van der Waals surface area contributed by atoms with Crippen LogP contribution in [0.3, 0.4) is 0 Å². The highest BCUT2D eigenvalue weighted by molar-refractivity contribution is 5.77. The van der Waals surface area contributed by atoms with Gasteiger partial charge in [-0.15, -0.1) is 0 Å². The Hall–Kier alpha value is -2.34. The van der Waals surface area contributed by atoms with Crippen LogP contribution in [0.4, 0.5) is 4.39 Å². The summed E-state index contributed by atoms with van der Waals surface area (Å²) in [5, 5.41) is 2.68. The Morgan fingerprint density at radius 3 is 2.71 bits per heavy atom. The molecule has 0 aliphatic carbocycles. The Balaban J connectivity index is 1.75. The normalized spacial score (nSPS) is 11.9. The molecule has 0 aliphatic rings. The van der Waals surface area contributed by atoms with Crippen LogP contribution in [-0.4, -0.2) is 26.2 Å². The Bertz CT molecular complexity index is 554. The Morgan fingerprint density at radius 1 is 1.33 bits per heavy atom. The minimum atomic E-state index is -0.354. The quantitative estimate of drug-likeness (QED) is 0.851. The molecule has 1 unspecified atom stereocenters. The Morgan fingerprint density at radius 2 is 2.10 bits per heavy atom. The molecule has 1 aromatic heterocycles. The lowest BCUT2D eigenvalue weighted by atomic mass is 10.2. The molecule has 0 spiro atoms. The van der Waals surface area contributed by atoms with Crippen LogP contribution in [0.2, 0.25) is 0 Å². The molecule has 2 rings (SSSR count). The number of nitrogens with one attached hydrogen (secondary N) is 1. The van der Waals surface area contributed by atoms with E-state index in [1.54, 1.807) is 18.4 Å². The van der Waals surface area contributed by atoms with Gasteiger partial charge in [0.2, 0.25) is 0 Å². The molecule has 21 heavy (non-hydrogen) atoms. The molecule has 1 N–H and O–H groups in total. The SMILES string of the molecule is COC(CNC(=O)COc1ccc(F)cc1)c1ccco1. The van der Waals surface area contributed by atoms with E-state index in [4.69, 9.17) is 13.9 Å². The minimum Gasteiger partial charge on any atom is -0.484 e.